The van der Waals surface area contributed by atoms with Gasteiger partial charge in [0.2, 0.25) is 0 Å². The fourth-order valence-corrected chi connectivity index (χ4v) is 2.64. The van der Waals surface area contributed by atoms with E-state index in [2.05, 4.69) is 5.32 Å². The number of halogens is 1. The lowest BCUT2D eigenvalue weighted by Crippen LogP contribution is -2.12. The molecule has 2 aromatic carbocycles. The van der Waals surface area contributed by atoms with Crippen LogP contribution >= 0.6 is 11.6 Å². The van der Waals surface area contributed by atoms with Gasteiger partial charge in [-0.05, 0) is 48.5 Å². The van der Waals surface area contributed by atoms with Crippen LogP contribution in [0, 0.1) is 0 Å². The van der Waals surface area contributed by atoms with Gasteiger partial charge in [-0.15, -0.1) is 0 Å². The Morgan fingerprint density at radius 3 is 2.65 bits per heavy atom. The summed E-state index contributed by atoms with van der Waals surface area (Å²) in [6.07, 6.45) is 0.588. The molecule has 26 heavy (non-hydrogen) atoms. The van der Waals surface area contributed by atoms with Crippen LogP contribution in [0.15, 0.2) is 52.9 Å². The number of methoxy groups -OCH3 is 1. The van der Waals surface area contributed by atoms with Crippen molar-refractivity contribution in [1.82, 2.24) is 0 Å². The molecule has 0 saturated heterocycles. The Hall–Kier alpha value is -3.25. The second-order valence-electron chi connectivity index (χ2n) is 5.36. The summed E-state index contributed by atoms with van der Waals surface area (Å²) in [6.45, 7) is 0. The molecule has 132 valence electrons. The quantitative estimate of drug-likeness (QED) is 0.650. The van der Waals surface area contributed by atoms with Gasteiger partial charge in [-0.1, -0.05) is 11.6 Å². The van der Waals surface area contributed by atoms with Gasteiger partial charge < -0.3 is 19.6 Å². The number of benzene rings is 2. The van der Waals surface area contributed by atoms with Crippen molar-refractivity contribution < 1.29 is 23.8 Å². The second-order valence-corrected chi connectivity index (χ2v) is 5.76. The predicted octanol–water partition coefficient (Wildman–Crippen LogP) is 4.38. The number of phenolic OH excluding ortho intramolecular Hbond substituents is 1. The molecular weight excluding hydrogens is 358 g/mol. The van der Waals surface area contributed by atoms with Gasteiger partial charge >= 0.3 is 0 Å². The summed E-state index contributed by atoms with van der Waals surface area (Å²) in [6, 6.07) is 12.4. The zero-order chi connectivity index (χ0) is 18.7. The predicted molar refractivity (Wildman–Crippen MR) is 97.2 cm³/mol. The average Bonchev–Trinajstić information content (AvgIpc) is 3.11. The van der Waals surface area contributed by atoms with Crippen LogP contribution < -0.4 is 10.1 Å². The molecule has 1 heterocycles. The van der Waals surface area contributed by atoms with Gasteiger partial charge in [-0.25, -0.2) is 0 Å². The summed E-state index contributed by atoms with van der Waals surface area (Å²) >= 11 is 6.05. The number of amides is 1. The summed E-state index contributed by atoms with van der Waals surface area (Å²) in [7, 11) is 1.49. The Morgan fingerprint density at radius 1 is 1.19 bits per heavy atom. The molecule has 0 aliphatic rings. The van der Waals surface area contributed by atoms with Crippen LogP contribution in [0.3, 0.4) is 0 Å². The van der Waals surface area contributed by atoms with Crippen LogP contribution in [-0.4, -0.2) is 24.4 Å². The van der Waals surface area contributed by atoms with Crippen molar-refractivity contribution >= 4 is 29.5 Å². The van der Waals surface area contributed by atoms with Gasteiger partial charge in [0, 0.05) is 11.3 Å². The lowest BCUT2D eigenvalue weighted by molar-refractivity contribution is 0.102. The molecule has 0 spiro atoms. The Labute approximate surface area is 154 Å². The Morgan fingerprint density at radius 2 is 2.00 bits per heavy atom. The molecule has 6 nitrogen and oxygen atoms in total. The molecule has 3 rings (SSSR count). The highest BCUT2D eigenvalue weighted by atomic mass is 35.5. The van der Waals surface area contributed by atoms with Crippen LogP contribution in [0.4, 0.5) is 5.69 Å². The Balaban J connectivity index is 1.88. The first-order chi connectivity index (χ1) is 12.5. The van der Waals surface area contributed by atoms with Crippen LogP contribution in [0.5, 0.6) is 11.5 Å². The normalized spacial score (nSPS) is 10.4. The van der Waals surface area contributed by atoms with Crippen molar-refractivity contribution in [2.45, 2.75) is 0 Å². The summed E-state index contributed by atoms with van der Waals surface area (Å²) in [5.41, 5.74) is 1.05. The molecule has 0 fully saturated rings. The van der Waals surface area contributed by atoms with Gasteiger partial charge in [0.1, 0.15) is 17.3 Å². The van der Waals surface area contributed by atoms with E-state index in [4.69, 9.17) is 20.8 Å². The van der Waals surface area contributed by atoms with Crippen molar-refractivity contribution in [3.63, 3.8) is 0 Å². The molecule has 0 unspecified atom stereocenters. The van der Waals surface area contributed by atoms with Crippen LogP contribution in [0.25, 0.3) is 11.3 Å². The number of phenols is 1. The first kappa shape index (κ1) is 17.6. The summed E-state index contributed by atoms with van der Waals surface area (Å²) < 4.78 is 10.4. The molecule has 0 aliphatic heterocycles. The lowest BCUT2D eigenvalue weighted by atomic mass is 10.1. The number of aldehydes is 1. The third-order valence-electron chi connectivity index (χ3n) is 3.68. The molecule has 7 heteroatoms. The highest BCUT2D eigenvalue weighted by Crippen LogP contribution is 2.30. The minimum Gasteiger partial charge on any atom is -0.507 e. The van der Waals surface area contributed by atoms with Crippen molar-refractivity contribution in [3.8, 4) is 22.8 Å². The van der Waals surface area contributed by atoms with E-state index in [0.29, 0.717) is 34.1 Å². The lowest BCUT2D eigenvalue weighted by Gasteiger charge is -2.10. The van der Waals surface area contributed by atoms with Crippen molar-refractivity contribution in [1.29, 1.82) is 0 Å². The van der Waals surface area contributed by atoms with Gasteiger partial charge in [0.25, 0.3) is 5.91 Å². The number of carbonyl (C=O) groups excluding carboxylic acids is 2. The highest BCUT2D eigenvalue weighted by Gasteiger charge is 2.15. The van der Waals surface area contributed by atoms with E-state index in [1.165, 1.54) is 25.3 Å². The van der Waals surface area contributed by atoms with Crippen molar-refractivity contribution in [2.24, 2.45) is 0 Å². The Bertz CT molecular complexity index is 980. The number of hydrogen-bond donors (Lipinski definition) is 2. The largest absolute Gasteiger partial charge is 0.507 e. The number of furan rings is 1. The summed E-state index contributed by atoms with van der Waals surface area (Å²) in [5.74, 6) is 0.361. The molecule has 0 atom stereocenters. The van der Waals surface area contributed by atoms with Gasteiger partial charge in [0.15, 0.2) is 12.0 Å². The number of aromatic hydroxyl groups is 1. The first-order valence-corrected chi connectivity index (χ1v) is 7.93. The molecule has 0 saturated carbocycles. The maximum Gasteiger partial charge on any atom is 0.259 e. The topological polar surface area (TPSA) is 88.8 Å². The minimum absolute atomic E-state index is 0.0542. The highest BCUT2D eigenvalue weighted by molar-refractivity contribution is 6.32. The number of carbonyl (C=O) groups is 2. The number of rotatable bonds is 5. The molecule has 1 aromatic heterocycles. The van der Waals surface area contributed by atoms with E-state index in [1.54, 1.807) is 30.3 Å². The molecule has 1 amide bonds. The van der Waals surface area contributed by atoms with E-state index in [9.17, 15) is 14.7 Å². The number of anilines is 1. The summed E-state index contributed by atoms with van der Waals surface area (Å²) in [5, 5.41) is 13.0. The standard InChI is InChI=1S/C19H14ClNO5/c1-25-18-6-3-12(9-15(18)20)21-19(24)14-8-11(2-5-16(14)23)17-7-4-13(10-22)26-17/h2-10,23H,1H3,(H,21,24). The van der Waals surface area contributed by atoms with Crippen LogP contribution in [0.2, 0.25) is 5.02 Å². The van der Waals surface area contributed by atoms with Crippen LogP contribution in [-0.2, 0) is 0 Å². The molecule has 0 radical (unpaired) electrons. The van der Waals surface area contributed by atoms with Crippen LogP contribution in [0.1, 0.15) is 20.9 Å². The van der Waals surface area contributed by atoms with E-state index < -0.39 is 5.91 Å². The monoisotopic (exact) mass is 371 g/mol. The van der Waals surface area contributed by atoms with E-state index in [0.717, 1.165) is 0 Å². The third kappa shape index (κ3) is 3.55. The Kier molecular flexibility index (Phi) is 4.95. The third-order valence-corrected chi connectivity index (χ3v) is 3.97. The fourth-order valence-electron chi connectivity index (χ4n) is 2.39. The van der Waals surface area contributed by atoms with Gasteiger partial charge in [-0.2, -0.15) is 0 Å². The van der Waals surface area contributed by atoms with E-state index in [-0.39, 0.29) is 17.1 Å². The molecule has 2 N–H and O–H groups in total. The van der Waals surface area contributed by atoms with E-state index in [1.807, 2.05) is 0 Å². The molecule has 0 bridgehead atoms. The number of nitrogens with one attached hydrogen (secondary N) is 1. The SMILES string of the molecule is COc1ccc(NC(=O)c2cc(-c3ccc(C=O)o3)ccc2O)cc1Cl. The van der Waals surface area contributed by atoms with Crippen molar-refractivity contribution in [3.05, 3.63) is 64.9 Å². The minimum atomic E-state index is -0.521. The number of hydrogen-bond acceptors (Lipinski definition) is 5. The van der Waals surface area contributed by atoms with Crippen molar-refractivity contribution in [2.75, 3.05) is 12.4 Å². The van der Waals surface area contributed by atoms with E-state index >= 15 is 0 Å². The maximum atomic E-state index is 12.5. The zero-order valence-electron chi connectivity index (χ0n) is 13.7. The first-order valence-electron chi connectivity index (χ1n) is 7.55. The smallest absolute Gasteiger partial charge is 0.259 e. The molecular formula is C19H14ClNO5. The maximum absolute atomic E-state index is 12.5. The second kappa shape index (κ2) is 7.33. The fraction of sp³-hybridized carbons (Fsp3) is 0.0526. The summed E-state index contributed by atoms with van der Waals surface area (Å²) in [4.78, 5) is 23.3. The van der Waals surface area contributed by atoms with Gasteiger partial charge in [-0.3, -0.25) is 9.59 Å². The van der Waals surface area contributed by atoms with Gasteiger partial charge in [0.05, 0.1) is 17.7 Å². The molecule has 0 aliphatic carbocycles. The zero-order valence-corrected chi connectivity index (χ0v) is 14.4. The number of ether oxygens (including phenoxy) is 1. The molecule has 3 aromatic rings. The average molecular weight is 372 g/mol.